The van der Waals surface area contributed by atoms with E-state index in [0.717, 1.165) is 0 Å². The summed E-state index contributed by atoms with van der Waals surface area (Å²) in [4.78, 5) is 3.90. The van der Waals surface area contributed by atoms with Crippen LogP contribution in [-0.4, -0.2) is 27.0 Å². The van der Waals surface area contributed by atoms with Crippen molar-refractivity contribution in [3.8, 4) is 5.75 Å². The highest BCUT2D eigenvalue weighted by molar-refractivity contribution is 6.31. The molecule has 2 aromatic heterocycles. The molecule has 2 rings (SSSR count). The zero-order valence-corrected chi connectivity index (χ0v) is 10.9. The number of rotatable bonds is 4. The molecule has 0 saturated carbocycles. The third-order valence-corrected chi connectivity index (χ3v) is 3.04. The molecular formula is C12H14ClN3O2. The third-order valence-electron chi connectivity index (χ3n) is 2.72. The van der Waals surface area contributed by atoms with Gasteiger partial charge in [0, 0.05) is 24.5 Å². The highest BCUT2D eigenvalue weighted by Gasteiger charge is 2.22. The molecule has 0 aliphatic heterocycles. The number of aromatic nitrogens is 3. The lowest BCUT2D eigenvalue weighted by Gasteiger charge is -2.15. The van der Waals surface area contributed by atoms with E-state index in [0.29, 0.717) is 28.6 Å². The summed E-state index contributed by atoms with van der Waals surface area (Å²) in [7, 11) is 1.54. The molecule has 0 aromatic carbocycles. The molecule has 96 valence electrons. The van der Waals surface area contributed by atoms with Crippen molar-refractivity contribution < 1.29 is 9.84 Å². The molecule has 0 saturated heterocycles. The molecule has 1 unspecified atom stereocenters. The molecule has 1 N–H and O–H groups in total. The summed E-state index contributed by atoms with van der Waals surface area (Å²) in [6.07, 6.45) is 3.78. The molecule has 0 bridgehead atoms. The Bertz CT molecular complexity index is 520. The van der Waals surface area contributed by atoms with E-state index >= 15 is 0 Å². The van der Waals surface area contributed by atoms with E-state index in [4.69, 9.17) is 16.3 Å². The van der Waals surface area contributed by atoms with Gasteiger partial charge in [0.15, 0.2) is 5.75 Å². The van der Waals surface area contributed by atoms with Gasteiger partial charge < -0.3 is 9.84 Å². The van der Waals surface area contributed by atoms with Gasteiger partial charge in [0.25, 0.3) is 0 Å². The average Bonchev–Trinajstić information content (AvgIpc) is 2.81. The Morgan fingerprint density at radius 1 is 1.50 bits per heavy atom. The van der Waals surface area contributed by atoms with Crippen molar-refractivity contribution in [1.82, 2.24) is 14.8 Å². The van der Waals surface area contributed by atoms with E-state index in [9.17, 15) is 5.11 Å². The van der Waals surface area contributed by atoms with E-state index in [1.54, 1.807) is 30.3 Å². The quantitative estimate of drug-likeness (QED) is 0.921. The van der Waals surface area contributed by atoms with Crippen molar-refractivity contribution in [3.05, 3.63) is 40.9 Å². The topological polar surface area (TPSA) is 60.2 Å². The fraction of sp³-hybridized carbons (Fsp3) is 0.333. The molecule has 18 heavy (non-hydrogen) atoms. The number of aliphatic hydroxyl groups excluding tert-OH is 1. The Morgan fingerprint density at radius 2 is 2.28 bits per heavy atom. The molecule has 0 fully saturated rings. The molecule has 0 radical (unpaired) electrons. The number of aryl methyl sites for hydroxylation is 1. The minimum Gasteiger partial charge on any atom is -0.493 e. The van der Waals surface area contributed by atoms with Gasteiger partial charge in [-0.25, -0.2) is 0 Å². The summed E-state index contributed by atoms with van der Waals surface area (Å²) < 4.78 is 6.89. The highest BCUT2D eigenvalue weighted by Crippen LogP contribution is 2.32. The van der Waals surface area contributed by atoms with E-state index in [1.165, 1.54) is 6.20 Å². The maximum atomic E-state index is 10.4. The predicted octanol–water partition coefficient (Wildman–Crippen LogP) is 2.04. The second-order valence-electron chi connectivity index (χ2n) is 3.71. The van der Waals surface area contributed by atoms with Crippen LogP contribution in [0.3, 0.4) is 0 Å². The Labute approximate surface area is 110 Å². The number of pyridine rings is 1. The van der Waals surface area contributed by atoms with Crippen molar-refractivity contribution in [1.29, 1.82) is 0 Å². The van der Waals surface area contributed by atoms with Crippen molar-refractivity contribution in [2.24, 2.45) is 0 Å². The number of nitrogens with zero attached hydrogens (tertiary/aromatic N) is 3. The molecule has 0 amide bonds. The lowest BCUT2D eigenvalue weighted by Crippen LogP contribution is -2.10. The molecule has 6 heteroatoms. The Hall–Kier alpha value is -1.59. The van der Waals surface area contributed by atoms with Gasteiger partial charge in [0.2, 0.25) is 0 Å². The Kier molecular flexibility index (Phi) is 3.84. The van der Waals surface area contributed by atoms with Crippen LogP contribution in [-0.2, 0) is 6.54 Å². The second kappa shape index (κ2) is 5.37. The zero-order chi connectivity index (χ0) is 13.1. The summed E-state index contributed by atoms with van der Waals surface area (Å²) >= 11 is 6.03. The molecule has 1 atom stereocenters. The van der Waals surface area contributed by atoms with Crippen molar-refractivity contribution in [2.75, 3.05) is 7.11 Å². The van der Waals surface area contributed by atoms with E-state index < -0.39 is 6.10 Å². The van der Waals surface area contributed by atoms with Gasteiger partial charge in [-0.3, -0.25) is 9.67 Å². The lowest BCUT2D eigenvalue weighted by molar-refractivity contribution is 0.202. The Balaban J connectivity index is 2.48. The summed E-state index contributed by atoms with van der Waals surface area (Å²) in [6.45, 7) is 2.58. The molecule has 2 heterocycles. The molecule has 0 spiro atoms. The summed E-state index contributed by atoms with van der Waals surface area (Å²) in [5.74, 6) is 0.539. The van der Waals surface area contributed by atoms with Crippen LogP contribution in [0.15, 0.2) is 24.7 Å². The smallest absolute Gasteiger partial charge is 0.163 e. The molecule has 5 nitrogen and oxygen atoms in total. The van der Waals surface area contributed by atoms with Crippen LogP contribution in [0, 0.1) is 0 Å². The van der Waals surface area contributed by atoms with E-state index in [1.807, 2.05) is 6.92 Å². The number of ether oxygens (including phenoxy) is 1. The van der Waals surface area contributed by atoms with Crippen molar-refractivity contribution in [2.45, 2.75) is 19.6 Å². The van der Waals surface area contributed by atoms with E-state index in [-0.39, 0.29) is 0 Å². The third kappa shape index (κ3) is 2.19. The Morgan fingerprint density at radius 3 is 2.89 bits per heavy atom. The predicted molar refractivity (Wildman–Crippen MR) is 67.8 cm³/mol. The molecule has 0 aliphatic rings. The first-order chi connectivity index (χ1) is 8.69. The van der Waals surface area contributed by atoms with Gasteiger partial charge in [-0.1, -0.05) is 11.6 Å². The summed E-state index contributed by atoms with van der Waals surface area (Å²) in [5.41, 5.74) is 1.17. The minimum atomic E-state index is -0.891. The largest absolute Gasteiger partial charge is 0.493 e. The van der Waals surface area contributed by atoms with Crippen LogP contribution >= 0.6 is 11.6 Å². The van der Waals surface area contributed by atoms with Crippen LogP contribution in [0.4, 0.5) is 0 Å². The average molecular weight is 268 g/mol. The van der Waals surface area contributed by atoms with Gasteiger partial charge in [0.05, 0.1) is 18.3 Å². The SMILES string of the molecule is CCn1ncc(OC)c1C(O)c1ccncc1Cl. The fourth-order valence-corrected chi connectivity index (χ4v) is 2.04. The van der Waals surface area contributed by atoms with Crippen LogP contribution in [0.1, 0.15) is 24.3 Å². The maximum absolute atomic E-state index is 10.4. The number of aliphatic hydroxyl groups is 1. The van der Waals surface area contributed by atoms with E-state index in [2.05, 4.69) is 10.1 Å². The molecule has 2 aromatic rings. The van der Waals surface area contributed by atoms with Crippen LogP contribution in [0.2, 0.25) is 5.02 Å². The molecular weight excluding hydrogens is 254 g/mol. The summed E-state index contributed by atoms with van der Waals surface area (Å²) in [6, 6.07) is 1.68. The van der Waals surface area contributed by atoms with Gasteiger partial charge >= 0.3 is 0 Å². The van der Waals surface area contributed by atoms with Gasteiger partial charge in [-0.05, 0) is 13.0 Å². The lowest BCUT2D eigenvalue weighted by atomic mass is 10.1. The standard InChI is InChI=1S/C12H14ClN3O2/c1-3-16-11(10(18-2)7-15-16)12(17)8-4-5-14-6-9(8)13/h4-7,12,17H,3H2,1-2H3. The first-order valence-corrected chi connectivity index (χ1v) is 5.94. The minimum absolute atomic E-state index is 0.413. The van der Waals surface area contributed by atoms with Crippen LogP contribution in [0.25, 0.3) is 0 Å². The van der Waals surface area contributed by atoms with Gasteiger partial charge in [-0.15, -0.1) is 0 Å². The van der Waals surface area contributed by atoms with Crippen molar-refractivity contribution in [3.63, 3.8) is 0 Å². The zero-order valence-electron chi connectivity index (χ0n) is 10.2. The monoisotopic (exact) mass is 267 g/mol. The van der Waals surface area contributed by atoms with Crippen molar-refractivity contribution >= 4 is 11.6 Å². The molecule has 0 aliphatic carbocycles. The van der Waals surface area contributed by atoms with Gasteiger partial charge in [0.1, 0.15) is 11.8 Å². The highest BCUT2D eigenvalue weighted by atomic mass is 35.5. The normalized spacial score (nSPS) is 12.4. The number of halogens is 1. The maximum Gasteiger partial charge on any atom is 0.163 e. The second-order valence-corrected chi connectivity index (χ2v) is 4.12. The first-order valence-electron chi connectivity index (χ1n) is 5.56. The first kappa shape index (κ1) is 12.9. The number of hydrogen-bond donors (Lipinski definition) is 1. The van der Waals surface area contributed by atoms with Crippen LogP contribution < -0.4 is 4.74 Å². The van der Waals surface area contributed by atoms with Gasteiger partial charge in [-0.2, -0.15) is 5.10 Å². The van der Waals surface area contributed by atoms with Crippen LogP contribution in [0.5, 0.6) is 5.75 Å². The number of hydrogen-bond acceptors (Lipinski definition) is 4. The summed E-state index contributed by atoms with van der Waals surface area (Å²) in [5, 5.41) is 15.0. The number of methoxy groups -OCH3 is 1. The fourth-order valence-electron chi connectivity index (χ4n) is 1.82.